The topological polar surface area (TPSA) is 138 Å². The van der Waals surface area contributed by atoms with Gasteiger partial charge in [-0.1, -0.05) is 13.6 Å². The zero-order chi connectivity index (χ0) is 21.4. The van der Waals surface area contributed by atoms with Crippen molar-refractivity contribution in [3.63, 3.8) is 0 Å². The first-order valence-corrected chi connectivity index (χ1v) is 13.4. The van der Waals surface area contributed by atoms with E-state index < -0.39 is 19.2 Å². The van der Waals surface area contributed by atoms with Crippen molar-refractivity contribution >= 4 is 43.7 Å². The summed E-state index contributed by atoms with van der Waals surface area (Å²) in [6.45, 7) is 3.04. The minimum atomic E-state index is -3.30. The third-order valence-corrected chi connectivity index (χ3v) is 4.68. The molecule has 0 aliphatic heterocycles. The molecule has 8 nitrogen and oxygen atoms in total. The van der Waals surface area contributed by atoms with Crippen LogP contribution in [0.1, 0.15) is 25.7 Å². The van der Waals surface area contributed by atoms with Crippen LogP contribution in [0, 0.1) is 11.8 Å². The largest absolute Gasteiger partial charge is 0.451 e. The van der Waals surface area contributed by atoms with Crippen molar-refractivity contribution in [1.29, 1.82) is 0 Å². The Morgan fingerprint density at radius 2 is 1.26 bits per heavy atom. The van der Waals surface area contributed by atoms with Crippen LogP contribution in [0.25, 0.3) is 0 Å². The molecule has 0 bridgehead atoms. The molecule has 0 atom stereocenters. The Kier molecular flexibility index (Phi) is 12.1. The van der Waals surface area contributed by atoms with Crippen LogP contribution in [0.15, 0.2) is 0 Å². The summed E-state index contributed by atoms with van der Waals surface area (Å²) in [4.78, 5) is 0. The first-order valence-electron chi connectivity index (χ1n) is 8.87. The summed E-state index contributed by atoms with van der Waals surface area (Å²) in [6, 6.07) is 0. The highest BCUT2D eigenvalue weighted by Crippen LogP contribution is 2.34. The molecular formula is C14H31B2ClO8S2. The molecule has 0 heterocycles. The predicted octanol–water partition coefficient (Wildman–Crippen LogP) is 0.911. The van der Waals surface area contributed by atoms with Crippen molar-refractivity contribution in [1.82, 2.24) is 0 Å². The van der Waals surface area contributed by atoms with Crippen LogP contribution in [0.2, 0.25) is 26.3 Å². The van der Waals surface area contributed by atoms with Gasteiger partial charge in [-0.3, -0.25) is 4.18 Å². The van der Waals surface area contributed by atoms with Crippen LogP contribution in [0.5, 0.6) is 0 Å². The molecule has 0 unspecified atom stereocenters. The lowest BCUT2D eigenvalue weighted by molar-refractivity contribution is 0.0501. The van der Waals surface area contributed by atoms with E-state index in [9.17, 15) is 16.8 Å². The highest BCUT2D eigenvalue weighted by atomic mass is 35.7. The molecule has 2 fully saturated rings. The van der Waals surface area contributed by atoms with Gasteiger partial charge in [-0.05, 0) is 50.2 Å². The van der Waals surface area contributed by atoms with E-state index in [1.807, 2.05) is 0 Å². The van der Waals surface area contributed by atoms with E-state index in [1.54, 1.807) is 13.6 Å². The lowest BCUT2D eigenvalue weighted by Gasteiger charge is -2.34. The number of rotatable bonds is 6. The minimum absolute atomic E-state index is 0.0752. The molecule has 160 valence electrons. The monoisotopic (exact) mass is 448 g/mol. The molecule has 0 aromatic heterocycles. The Hall–Kier alpha value is 0.160. The van der Waals surface area contributed by atoms with Crippen LogP contribution in [-0.4, -0.2) is 70.5 Å². The van der Waals surface area contributed by atoms with Gasteiger partial charge in [0.15, 0.2) is 0 Å². The maximum atomic E-state index is 10.7. The molecule has 0 saturated heterocycles. The summed E-state index contributed by atoms with van der Waals surface area (Å²) in [5.74, 6) is 1.01. The summed E-state index contributed by atoms with van der Waals surface area (Å²) in [6.07, 6.45) is 6.64. The molecule has 0 amide bonds. The van der Waals surface area contributed by atoms with Gasteiger partial charge in [0.1, 0.15) is 0 Å². The van der Waals surface area contributed by atoms with E-state index >= 15 is 0 Å². The molecule has 2 aliphatic rings. The molecule has 0 spiro atoms. The van der Waals surface area contributed by atoms with Gasteiger partial charge in [0.05, 0.1) is 24.7 Å². The summed E-state index contributed by atoms with van der Waals surface area (Å²) >= 11 is 0. The van der Waals surface area contributed by atoms with E-state index in [2.05, 4.69) is 10.7 Å². The van der Waals surface area contributed by atoms with E-state index in [0.29, 0.717) is 11.8 Å². The van der Waals surface area contributed by atoms with Gasteiger partial charge in [0.25, 0.3) is 23.9 Å². The molecule has 2 aliphatic carbocycles. The lowest BCUT2D eigenvalue weighted by atomic mass is 9.59. The fourth-order valence-corrected chi connectivity index (χ4v) is 3.70. The van der Waals surface area contributed by atoms with Gasteiger partial charge in [0, 0.05) is 10.7 Å². The third kappa shape index (κ3) is 18.0. The number of halogens is 1. The average molecular weight is 449 g/mol. The summed E-state index contributed by atoms with van der Waals surface area (Å²) in [5.41, 5.74) is 0. The van der Waals surface area contributed by atoms with Crippen molar-refractivity contribution in [3.05, 3.63) is 0 Å². The zero-order valence-electron chi connectivity index (χ0n) is 16.3. The average Bonchev–Trinajstić information content (AvgIpc) is 2.30. The Labute approximate surface area is 168 Å². The highest BCUT2D eigenvalue weighted by Gasteiger charge is 2.33. The molecule has 2 saturated carbocycles. The number of hydrogen-bond acceptors (Lipinski definition) is 8. The Morgan fingerprint density at radius 3 is 1.52 bits per heavy atom. The molecule has 0 aromatic rings. The van der Waals surface area contributed by atoms with Crippen molar-refractivity contribution < 1.29 is 36.2 Å². The first kappa shape index (κ1) is 27.2. The Bertz CT molecular complexity index is 607. The summed E-state index contributed by atoms with van der Waals surface area (Å²) < 4.78 is 45.0. The van der Waals surface area contributed by atoms with Crippen molar-refractivity contribution in [2.45, 2.75) is 64.2 Å². The number of aliphatic hydroxyl groups excluding tert-OH is 1. The van der Waals surface area contributed by atoms with Crippen molar-refractivity contribution in [3.8, 4) is 0 Å². The molecule has 13 heteroatoms. The predicted molar refractivity (Wildman–Crippen MR) is 109 cm³/mol. The Morgan fingerprint density at radius 1 is 0.926 bits per heavy atom. The van der Waals surface area contributed by atoms with Crippen LogP contribution in [0.3, 0.4) is 0 Å². The van der Waals surface area contributed by atoms with E-state index in [1.165, 1.54) is 0 Å². The van der Waals surface area contributed by atoms with E-state index in [4.69, 9.17) is 19.3 Å². The summed E-state index contributed by atoms with van der Waals surface area (Å²) in [5, 5.41) is 26.8. The zero-order valence-corrected chi connectivity index (χ0v) is 18.7. The van der Waals surface area contributed by atoms with Crippen LogP contribution < -0.4 is 0 Å². The van der Waals surface area contributed by atoms with Crippen LogP contribution in [0.4, 0.5) is 0 Å². The van der Waals surface area contributed by atoms with Crippen molar-refractivity contribution in [2.75, 3.05) is 12.5 Å². The molecule has 3 N–H and O–H groups in total. The maximum absolute atomic E-state index is 10.7. The third-order valence-electron chi connectivity index (χ3n) is 4.06. The molecular weight excluding hydrogens is 417 g/mol. The second-order valence-corrected chi connectivity index (χ2v) is 12.2. The SMILES string of the molecule is CB(O)CC1CC(O)C1.CB(O)CC1CC(OS(C)(=O)=O)C1.CS(=O)(=O)Cl. The number of aliphatic hydroxyl groups is 1. The maximum Gasteiger partial charge on any atom is 0.286 e. The molecule has 2 rings (SSSR count). The highest BCUT2D eigenvalue weighted by molar-refractivity contribution is 8.13. The Balaban J connectivity index is 0.000000419. The van der Waals surface area contributed by atoms with Crippen molar-refractivity contribution in [2.24, 2.45) is 11.8 Å². The second kappa shape index (κ2) is 12.0. The fraction of sp³-hybridized carbons (Fsp3) is 1.00. The van der Waals surface area contributed by atoms with Crippen LogP contribution >= 0.6 is 10.7 Å². The van der Waals surface area contributed by atoms with Crippen LogP contribution in [-0.2, 0) is 23.4 Å². The van der Waals surface area contributed by atoms with Gasteiger partial charge >= 0.3 is 0 Å². The second-order valence-electron chi connectivity index (χ2n) is 7.60. The minimum Gasteiger partial charge on any atom is -0.451 e. The van der Waals surface area contributed by atoms with E-state index in [-0.39, 0.29) is 26.0 Å². The number of hydrogen-bond donors (Lipinski definition) is 3. The van der Waals surface area contributed by atoms with Gasteiger partial charge < -0.3 is 15.2 Å². The first-order chi connectivity index (χ1) is 12.0. The molecule has 27 heavy (non-hydrogen) atoms. The van der Waals surface area contributed by atoms with Gasteiger partial charge in [-0.2, -0.15) is 8.42 Å². The van der Waals surface area contributed by atoms with Gasteiger partial charge in [-0.15, -0.1) is 0 Å². The lowest BCUT2D eigenvalue weighted by Crippen LogP contribution is -2.34. The van der Waals surface area contributed by atoms with Gasteiger partial charge in [0.2, 0.25) is 9.05 Å². The smallest absolute Gasteiger partial charge is 0.286 e. The standard InChI is InChI=1S/C7H15BO4S.C6H13BO2.CH3ClO2S/c1-8(9)5-6-3-7(4-6)12-13(2,10)11;1-7(9)4-5-2-6(8)3-5;1-5(2,3)4/h6-7,9H,3-5H2,1-2H3;5-6,8-9H,2-4H2,1H3;1H3. The normalized spacial score (nSPS) is 27.0. The van der Waals surface area contributed by atoms with Gasteiger partial charge in [-0.25, -0.2) is 8.42 Å². The fourth-order valence-electron chi connectivity index (χ4n) is 3.05. The summed E-state index contributed by atoms with van der Waals surface area (Å²) in [7, 11) is -1.99. The molecule has 0 radical (unpaired) electrons. The quantitative estimate of drug-likeness (QED) is 0.310. The molecule has 0 aromatic carbocycles. The van der Waals surface area contributed by atoms with E-state index in [0.717, 1.165) is 50.8 Å².